The Morgan fingerprint density at radius 2 is 1.90 bits per heavy atom. The molecule has 2 rings (SSSR count). The van der Waals surface area contributed by atoms with Crippen molar-refractivity contribution in [1.29, 1.82) is 0 Å². The Balaban J connectivity index is 2.44. The molecule has 0 aromatic heterocycles. The maximum atomic E-state index is 5.54. The third-order valence-corrected chi connectivity index (χ3v) is 5.19. The van der Waals surface area contributed by atoms with Crippen LogP contribution in [0.4, 0.5) is 0 Å². The third kappa shape index (κ3) is 3.68. The van der Waals surface area contributed by atoms with Crippen LogP contribution in [0.1, 0.15) is 29.7 Å². The maximum Gasteiger partial charge on any atom is 0.120 e. The second-order valence-electron chi connectivity index (χ2n) is 4.82. The van der Waals surface area contributed by atoms with Gasteiger partial charge in [0.25, 0.3) is 0 Å². The average molecular weight is 413 g/mol. The lowest BCUT2D eigenvalue weighted by Gasteiger charge is -2.21. The molecule has 0 saturated heterocycles. The Labute approximate surface area is 143 Å². The van der Waals surface area contributed by atoms with Crippen molar-refractivity contribution >= 4 is 31.9 Å². The SMILES string of the molecule is CCOc1ccc(C(NC)c2cccc(C)c2Br)c(Br)c1. The van der Waals surface area contributed by atoms with Crippen LogP contribution in [0.25, 0.3) is 0 Å². The number of aryl methyl sites for hydroxylation is 1. The van der Waals surface area contributed by atoms with Gasteiger partial charge < -0.3 is 10.1 Å². The molecule has 112 valence electrons. The Morgan fingerprint density at radius 3 is 2.52 bits per heavy atom. The summed E-state index contributed by atoms with van der Waals surface area (Å²) in [4.78, 5) is 0. The topological polar surface area (TPSA) is 21.3 Å². The first-order chi connectivity index (χ1) is 10.1. The molecule has 0 saturated carbocycles. The van der Waals surface area contributed by atoms with Crippen molar-refractivity contribution in [2.75, 3.05) is 13.7 Å². The quantitative estimate of drug-likeness (QED) is 0.725. The Hall–Kier alpha value is -0.840. The molecule has 0 bridgehead atoms. The number of benzene rings is 2. The van der Waals surface area contributed by atoms with Crippen molar-refractivity contribution < 1.29 is 4.74 Å². The molecule has 2 aromatic carbocycles. The smallest absolute Gasteiger partial charge is 0.120 e. The van der Waals surface area contributed by atoms with E-state index in [9.17, 15) is 0 Å². The zero-order valence-electron chi connectivity index (χ0n) is 12.4. The van der Waals surface area contributed by atoms with Crippen LogP contribution in [0, 0.1) is 6.92 Å². The molecule has 0 fully saturated rings. The zero-order chi connectivity index (χ0) is 15.4. The summed E-state index contributed by atoms with van der Waals surface area (Å²) in [5.41, 5.74) is 3.64. The molecular formula is C17H19Br2NO. The van der Waals surface area contributed by atoms with E-state index in [2.05, 4.69) is 68.4 Å². The third-order valence-electron chi connectivity index (χ3n) is 3.42. The first kappa shape index (κ1) is 16.5. The van der Waals surface area contributed by atoms with Crippen molar-refractivity contribution in [2.24, 2.45) is 0 Å². The highest BCUT2D eigenvalue weighted by molar-refractivity contribution is 9.10. The van der Waals surface area contributed by atoms with Gasteiger partial charge in [-0.05, 0) is 49.7 Å². The van der Waals surface area contributed by atoms with Crippen LogP contribution in [0.3, 0.4) is 0 Å². The molecule has 1 atom stereocenters. The molecule has 21 heavy (non-hydrogen) atoms. The normalized spacial score (nSPS) is 12.2. The summed E-state index contributed by atoms with van der Waals surface area (Å²) in [6.45, 7) is 4.76. The van der Waals surface area contributed by atoms with E-state index in [1.54, 1.807) is 0 Å². The first-order valence-corrected chi connectivity index (χ1v) is 8.51. The van der Waals surface area contributed by atoms with Gasteiger partial charge in [-0.1, -0.05) is 56.1 Å². The van der Waals surface area contributed by atoms with Crippen LogP contribution >= 0.6 is 31.9 Å². The molecule has 0 aliphatic heterocycles. The Kier molecular flexibility index (Phi) is 5.85. The van der Waals surface area contributed by atoms with Crippen LogP contribution in [0.5, 0.6) is 5.75 Å². The van der Waals surface area contributed by atoms with E-state index in [1.807, 2.05) is 26.1 Å². The molecule has 1 unspecified atom stereocenters. The van der Waals surface area contributed by atoms with E-state index < -0.39 is 0 Å². The van der Waals surface area contributed by atoms with Crippen molar-refractivity contribution in [1.82, 2.24) is 5.32 Å². The van der Waals surface area contributed by atoms with Gasteiger partial charge in [0, 0.05) is 8.95 Å². The number of rotatable bonds is 5. The second kappa shape index (κ2) is 7.43. The van der Waals surface area contributed by atoms with Gasteiger partial charge in [0.15, 0.2) is 0 Å². The van der Waals surface area contributed by atoms with Gasteiger partial charge in [0.05, 0.1) is 12.6 Å². The molecule has 0 aliphatic carbocycles. The monoisotopic (exact) mass is 411 g/mol. The fourth-order valence-electron chi connectivity index (χ4n) is 2.37. The summed E-state index contributed by atoms with van der Waals surface area (Å²) in [5.74, 6) is 0.881. The highest BCUT2D eigenvalue weighted by atomic mass is 79.9. The minimum atomic E-state index is 0.115. The molecular weight excluding hydrogens is 394 g/mol. The predicted octanol–water partition coefficient (Wildman–Crippen LogP) is 5.23. The van der Waals surface area contributed by atoms with Crippen molar-refractivity contribution in [3.8, 4) is 5.75 Å². The minimum absolute atomic E-state index is 0.115. The molecule has 0 amide bonds. The molecule has 1 N–H and O–H groups in total. The van der Waals surface area contributed by atoms with Gasteiger partial charge in [0.2, 0.25) is 0 Å². The van der Waals surface area contributed by atoms with E-state index in [1.165, 1.54) is 16.7 Å². The van der Waals surface area contributed by atoms with Gasteiger partial charge in [0.1, 0.15) is 5.75 Å². The van der Waals surface area contributed by atoms with E-state index in [0.29, 0.717) is 6.61 Å². The second-order valence-corrected chi connectivity index (χ2v) is 6.46. The maximum absolute atomic E-state index is 5.54. The van der Waals surface area contributed by atoms with Crippen molar-refractivity contribution in [2.45, 2.75) is 19.9 Å². The lowest BCUT2D eigenvalue weighted by Crippen LogP contribution is -2.19. The summed E-state index contributed by atoms with van der Waals surface area (Å²) in [6.07, 6.45) is 0. The molecule has 0 aliphatic rings. The van der Waals surface area contributed by atoms with Crippen LogP contribution in [-0.2, 0) is 0 Å². The predicted molar refractivity (Wildman–Crippen MR) is 95.1 cm³/mol. The summed E-state index contributed by atoms with van der Waals surface area (Å²) < 4.78 is 7.73. The van der Waals surface area contributed by atoms with Gasteiger partial charge >= 0.3 is 0 Å². The van der Waals surface area contributed by atoms with E-state index in [4.69, 9.17) is 4.74 Å². The van der Waals surface area contributed by atoms with E-state index in [-0.39, 0.29) is 6.04 Å². The molecule has 4 heteroatoms. The van der Waals surface area contributed by atoms with Crippen LogP contribution in [0.2, 0.25) is 0 Å². The Morgan fingerprint density at radius 1 is 1.14 bits per heavy atom. The number of nitrogens with one attached hydrogen (secondary N) is 1. The van der Waals surface area contributed by atoms with Gasteiger partial charge in [-0.15, -0.1) is 0 Å². The average Bonchev–Trinajstić information content (AvgIpc) is 2.46. The van der Waals surface area contributed by atoms with Crippen molar-refractivity contribution in [3.05, 3.63) is 62.0 Å². The summed E-state index contributed by atoms with van der Waals surface area (Å²) in [5, 5.41) is 3.39. The van der Waals surface area contributed by atoms with Gasteiger partial charge in [-0.3, -0.25) is 0 Å². The molecule has 0 spiro atoms. The molecule has 2 aromatic rings. The standard InChI is InChI=1S/C17H19Br2NO/c1-4-21-12-8-9-13(15(18)10-12)17(20-3)14-7-5-6-11(2)16(14)19/h5-10,17,20H,4H2,1-3H3. The molecule has 0 heterocycles. The summed E-state index contributed by atoms with van der Waals surface area (Å²) in [7, 11) is 1.97. The molecule has 2 nitrogen and oxygen atoms in total. The van der Waals surface area contributed by atoms with Crippen LogP contribution in [0.15, 0.2) is 45.3 Å². The largest absolute Gasteiger partial charge is 0.494 e. The minimum Gasteiger partial charge on any atom is -0.494 e. The van der Waals surface area contributed by atoms with Gasteiger partial charge in [-0.25, -0.2) is 0 Å². The first-order valence-electron chi connectivity index (χ1n) is 6.93. The number of hydrogen-bond acceptors (Lipinski definition) is 2. The zero-order valence-corrected chi connectivity index (χ0v) is 15.6. The van der Waals surface area contributed by atoms with E-state index >= 15 is 0 Å². The molecule has 0 radical (unpaired) electrons. The van der Waals surface area contributed by atoms with Crippen LogP contribution in [-0.4, -0.2) is 13.7 Å². The number of hydrogen-bond donors (Lipinski definition) is 1. The summed E-state index contributed by atoms with van der Waals surface area (Å²) in [6, 6.07) is 12.6. The fraction of sp³-hybridized carbons (Fsp3) is 0.294. The fourth-order valence-corrected chi connectivity index (χ4v) is 3.45. The highest BCUT2D eigenvalue weighted by Crippen LogP contribution is 2.35. The summed E-state index contributed by atoms with van der Waals surface area (Å²) >= 11 is 7.37. The Bertz CT molecular complexity index is 628. The van der Waals surface area contributed by atoms with Crippen LogP contribution < -0.4 is 10.1 Å². The van der Waals surface area contributed by atoms with E-state index in [0.717, 1.165) is 14.7 Å². The van der Waals surface area contributed by atoms with Crippen molar-refractivity contribution in [3.63, 3.8) is 0 Å². The van der Waals surface area contributed by atoms with Gasteiger partial charge in [-0.2, -0.15) is 0 Å². The number of ether oxygens (including phenoxy) is 1. The number of halogens is 2. The highest BCUT2D eigenvalue weighted by Gasteiger charge is 2.18. The lowest BCUT2D eigenvalue weighted by atomic mass is 9.97. The lowest BCUT2D eigenvalue weighted by molar-refractivity contribution is 0.340.